The second-order valence-corrected chi connectivity index (χ2v) is 4.62. The molecule has 2 unspecified atom stereocenters. The van der Waals surface area contributed by atoms with Crippen molar-refractivity contribution in [2.24, 2.45) is 5.73 Å². The first-order chi connectivity index (χ1) is 6.72. The van der Waals surface area contributed by atoms with E-state index in [1.54, 1.807) is 0 Å². The van der Waals surface area contributed by atoms with E-state index in [2.05, 4.69) is 22.0 Å². The van der Waals surface area contributed by atoms with Crippen LogP contribution in [0.5, 0.6) is 0 Å². The summed E-state index contributed by atoms with van der Waals surface area (Å²) in [5.41, 5.74) is 8.25. The van der Waals surface area contributed by atoms with Gasteiger partial charge in [-0.2, -0.15) is 0 Å². The minimum atomic E-state index is -0.119. The van der Waals surface area contributed by atoms with E-state index in [0.29, 0.717) is 0 Å². The fraction of sp³-hybridized carbons (Fsp3) is 0.364. The number of rotatable bonds is 1. The van der Waals surface area contributed by atoms with Crippen molar-refractivity contribution in [1.29, 1.82) is 0 Å². The Morgan fingerprint density at radius 2 is 2.29 bits per heavy atom. The van der Waals surface area contributed by atoms with Gasteiger partial charge in [0.15, 0.2) is 0 Å². The lowest BCUT2D eigenvalue weighted by molar-refractivity contribution is -0.109. The summed E-state index contributed by atoms with van der Waals surface area (Å²) in [5.74, 6) is -0.119. The number of hydrogen-bond acceptors (Lipinski definition) is 2. The molecule has 14 heavy (non-hydrogen) atoms. The van der Waals surface area contributed by atoms with Gasteiger partial charge in [0.2, 0.25) is 0 Å². The highest BCUT2D eigenvalue weighted by atomic mass is 79.9. The quantitative estimate of drug-likeness (QED) is 0.779. The molecule has 2 N–H and O–H groups in total. The zero-order valence-corrected chi connectivity index (χ0v) is 9.33. The molecule has 74 valence electrons. The van der Waals surface area contributed by atoms with Gasteiger partial charge in [-0.3, -0.25) is 0 Å². The summed E-state index contributed by atoms with van der Waals surface area (Å²) < 4.78 is 1.07. The number of nitrogens with two attached hydrogens (primary N) is 1. The minimum absolute atomic E-state index is 0.0128. The highest BCUT2D eigenvalue weighted by Crippen LogP contribution is 2.31. The maximum Gasteiger partial charge on any atom is 0.129 e. The van der Waals surface area contributed by atoms with Gasteiger partial charge in [0, 0.05) is 10.5 Å². The normalized spacial score (nSPS) is 25.6. The molecule has 0 saturated heterocycles. The van der Waals surface area contributed by atoms with Crippen LogP contribution in [0.1, 0.15) is 23.5 Å². The van der Waals surface area contributed by atoms with Crippen LogP contribution in [0.15, 0.2) is 22.7 Å². The molecule has 0 spiro atoms. The average Bonchev–Trinajstić information content (AvgIpc) is 2.18. The monoisotopic (exact) mass is 253 g/mol. The Bertz CT molecular complexity index is 364. The summed E-state index contributed by atoms with van der Waals surface area (Å²) in [6, 6.07) is 6.03. The zero-order chi connectivity index (χ0) is 10.1. The van der Waals surface area contributed by atoms with E-state index in [1.807, 2.05) is 12.1 Å². The van der Waals surface area contributed by atoms with Gasteiger partial charge in [-0.25, -0.2) is 0 Å². The van der Waals surface area contributed by atoms with Crippen molar-refractivity contribution in [3.63, 3.8) is 0 Å². The topological polar surface area (TPSA) is 43.1 Å². The molecule has 0 heterocycles. The van der Waals surface area contributed by atoms with Gasteiger partial charge in [-0.1, -0.05) is 22.0 Å². The van der Waals surface area contributed by atoms with Crippen molar-refractivity contribution in [1.82, 2.24) is 0 Å². The highest BCUT2D eigenvalue weighted by molar-refractivity contribution is 9.10. The second-order valence-electron chi connectivity index (χ2n) is 3.71. The first kappa shape index (κ1) is 9.87. The predicted molar refractivity (Wildman–Crippen MR) is 59.2 cm³/mol. The molecule has 0 saturated carbocycles. The Balaban J connectivity index is 2.46. The molecule has 1 aromatic carbocycles. The molecule has 2 rings (SSSR count). The molecule has 0 aromatic heterocycles. The summed E-state index contributed by atoms with van der Waals surface area (Å²) in [5, 5.41) is 0. The minimum Gasteiger partial charge on any atom is -0.327 e. The van der Waals surface area contributed by atoms with Gasteiger partial charge in [0.1, 0.15) is 6.29 Å². The number of halogens is 1. The number of hydrogen-bond donors (Lipinski definition) is 1. The van der Waals surface area contributed by atoms with Crippen LogP contribution < -0.4 is 5.73 Å². The first-order valence-electron chi connectivity index (χ1n) is 4.71. The molecule has 0 amide bonds. The van der Waals surface area contributed by atoms with Crippen molar-refractivity contribution in [2.45, 2.75) is 24.8 Å². The van der Waals surface area contributed by atoms with Crippen LogP contribution in [-0.4, -0.2) is 12.3 Å². The molecule has 1 aliphatic carbocycles. The Hall–Kier alpha value is -0.670. The van der Waals surface area contributed by atoms with Crippen molar-refractivity contribution in [2.75, 3.05) is 0 Å². The van der Waals surface area contributed by atoms with Crippen LogP contribution >= 0.6 is 15.9 Å². The SMILES string of the molecule is NC1CCc2cc(Br)ccc2C1C=O. The number of aryl methyl sites for hydroxylation is 1. The fourth-order valence-corrected chi connectivity index (χ4v) is 2.43. The van der Waals surface area contributed by atoms with Crippen LogP contribution in [0.3, 0.4) is 0 Å². The van der Waals surface area contributed by atoms with Gasteiger partial charge >= 0.3 is 0 Å². The van der Waals surface area contributed by atoms with Crippen molar-refractivity contribution in [3.8, 4) is 0 Å². The Morgan fingerprint density at radius 1 is 1.50 bits per heavy atom. The molecular weight excluding hydrogens is 242 g/mol. The number of carbonyl (C=O) groups excluding carboxylic acids is 1. The van der Waals surface area contributed by atoms with Crippen LogP contribution in [-0.2, 0) is 11.2 Å². The van der Waals surface area contributed by atoms with Crippen molar-refractivity contribution < 1.29 is 4.79 Å². The molecule has 0 fully saturated rings. The molecule has 0 radical (unpaired) electrons. The number of aldehydes is 1. The average molecular weight is 254 g/mol. The van der Waals surface area contributed by atoms with Crippen LogP contribution in [0.4, 0.5) is 0 Å². The van der Waals surface area contributed by atoms with E-state index < -0.39 is 0 Å². The number of fused-ring (bicyclic) bond motifs is 1. The van der Waals surface area contributed by atoms with Crippen LogP contribution in [0.25, 0.3) is 0 Å². The van der Waals surface area contributed by atoms with Crippen LogP contribution in [0.2, 0.25) is 0 Å². The molecule has 1 aromatic rings. The van der Waals surface area contributed by atoms with Crippen molar-refractivity contribution in [3.05, 3.63) is 33.8 Å². The zero-order valence-electron chi connectivity index (χ0n) is 7.74. The number of benzene rings is 1. The molecule has 2 nitrogen and oxygen atoms in total. The molecule has 0 aliphatic heterocycles. The highest BCUT2D eigenvalue weighted by Gasteiger charge is 2.26. The maximum absolute atomic E-state index is 10.9. The fourth-order valence-electron chi connectivity index (χ4n) is 2.02. The third-order valence-corrected chi connectivity index (χ3v) is 3.31. The summed E-state index contributed by atoms with van der Waals surface area (Å²) >= 11 is 3.43. The summed E-state index contributed by atoms with van der Waals surface area (Å²) in [4.78, 5) is 10.9. The smallest absolute Gasteiger partial charge is 0.129 e. The third kappa shape index (κ3) is 1.62. The van der Waals surface area contributed by atoms with Gasteiger partial charge in [-0.15, -0.1) is 0 Å². The molecule has 3 heteroatoms. The Labute approximate surface area is 91.6 Å². The first-order valence-corrected chi connectivity index (χ1v) is 5.51. The van der Waals surface area contributed by atoms with E-state index in [4.69, 9.17) is 5.73 Å². The van der Waals surface area contributed by atoms with Crippen LogP contribution in [0, 0.1) is 0 Å². The largest absolute Gasteiger partial charge is 0.327 e. The predicted octanol–water partition coefficient (Wildman–Crippen LogP) is 2.01. The Morgan fingerprint density at radius 3 is 3.00 bits per heavy atom. The van der Waals surface area contributed by atoms with Gasteiger partial charge in [0.25, 0.3) is 0 Å². The van der Waals surface area contributed by atoms with E-state index in [1.165, 1.54) is 5.56 Å². The van der Waals surface area contributed by atoms with E-state index in [0.717, 1.165) is 29.2 Å². The van der Waals surface area contributed by atoms with E-state index in [-0.39, 0.29) is 12.0 Å². The lowest BCUT2D eigenvalue weighted by Gasteiger charge is -2.27. The summed E-state index contributed by atoms with van der Waals surface area (Å²) in [7, 11) is 0. The molecular formula is C11H12BrNO. The van der Waals surface area contributed by atoms with Gasteiger partial charge in [0.05, 0.1) is 5.92 Å². The second kappa shape index (κ2) is 3.83. The lowest BCUT2D eigenvalue weighted by Crippen LogP contribution is -2.33. The third-order valence-electron chi connectivity index (χ3n) is 2.82. The van der Waals surface area contributed by atoms with Crippen molar-refractivity contribution >= 4 is 22.2 Å². The number of carbonyl (C=O) groups is 1. The summed E-state index contributed by atoms with van der Waals surface area (Å²) in [6.45, 7) is 0. The Kier molecular flexibility index (Phi) is 2.70. The van der Waals surface area contributed by atoms with E-state index in [9.17, 15) is 4.79 Å². The van der Waals surface area contributed by atoms with E-state index >= 15 is 0 Å². The molecule has 0 bridgehead atoms. The summed E-state index contributed by atoms with van der Waals surface area (Å²) in [6.07, 6.45) is 2.84. The lowest BCUT2D eigenvalue weighted by atomic mass is 9.80. The molecule has 1 aliphatic rings. The van der Waals surface area contributed by atoms with Gasteiger partial charge < -0.3 is 10.5 Å². The van der Waals surface area contributed by atoms with Gasteiger partial charge in [-0.05, 0) is 36.1 Å². The molecule has 2 atom stereocenters. The maximum atomic E-state index is 10.9. The standard InChI is InChI=1S/C11H12BrNO/c12-8-2-3-9-7(5-8)1-4-11(13)10(9)6-14/h2-3,5-6,10-11H,1,4,13H2.